The Balaban J connectivity index is 1.84. The molecule has 2 rings (SSSR count). The lowest BCUT2D eigenvalue weighted by atomic mass is 9.96. The lowest BCUT2D eigenvalue weighted by Gasteiger charge is -2.34. The second-order valence-corrected chi connectivity index (χ2v) is 5.43. The van der Waals surface area contributed by atoms with E-state index in [1.54, 1.807) is 0 Å². The highest BCUT2D eigenvalue weighted by molar-refractivity contribution is 5.69. The van der Waals surface area contributed by atoms with Crippen molar-refractivity contribution in [2.45, 2.75) is 45.1 Å². The Morgan fingerprint density at radius 2 is 2.36 bits per heavy atom. The van der Waals surface area contributed by atoms with E-state index in [1.165, 1.54) is 18.4 Å². The molecule has 1 atom stereocenters. The van der Waals surface area contributed by atoms with Crippen molar-refractivity contribution in [3.05, 3.63) is 30.1 Å². The van der Waals surface area contributed by atoms with Crippen molar-refractivity contribution in [3.8, 4) is 11.8 Å². The summed E-state index contributed by atoms with van der Waals surface area (Å²) in [5, 5.41) is 0. The molecule has 0 spiro atoms. The maximum Gasteiger partial charge on any atom is 0.306 e. The number of rotatable bonds is 5. The zero-order valence-corrected chi connectivity index (χ0v) is 13.3. The molecule has 0 radical (unpaired) electrons. The lowest BCUT2D eigenvalue weighted by Crippen LogP contribution is -2.33. The van der Waals surface area contributed by atoms with E-state index in [0.717, 1.165) is 19.5 Å². The van der Waals surface area contributed by atoms with Gasteiger partial charge in [0.05, 0.1) is 19.6 Å². The number of pyridine rings is 1. The van der Waals surface area contributed by atoms with E-state index < -0.39 is 0 Å². The van der Waals surface area contributed by atoms with E-state index in [2.05, 4.69) is 27.8 Å². The van der Waals surface area contributed by atoms with Crippen molar-refractivity contribution in [2.24, 2.45) is 0 Å². The Hall–Kier alpha value is -1.86. The maximum atomic E-state index is 11.2. The number of carbonyl (C=O) groups is 1. The summed E-state index contributed by atoms with van der Waals surface area (Å²) in [4.78, 5) is 17.9. The topological polar surface area (TPSA) is 42.4 Å². The van der Waals surface area contributed by atoms with Crippen LogP contribution in [0, 0.1) is 11.8 Å². The molecule has 22 heavy (non-hydrogen) atoms. The van der Waals surface area contributed by atoms with Crippen molar-refractivity contribution < 1.29 is 9.53 Å². The van der Waals surface area contributed by atoms with Gasteiger partial charge in [-0.15, -0.1) is 5.92 Å². The van der Waals surface area contributed by atoms with Crippen LogP contribution in [0.5, 0.6) is 0 Å². The van der Waals surface area contributed by atoms with Crippen LogP contribution in [0.4, 0.5) is 0 Å². The van der Waals surface area contributed by atoms with Gasteiger partial charge in [0.2, 0.25) is 0 Å². The van der Waals surface area contributed by atoms with Gasteiger partial charge in [-0.2, -0.15) is 0 Å². The number of carbonyl (C=O) groups excluding carboxylic acids is 1. The molecule has 4 heteroatoms. The molecule has 118 valence electrons. The first-order valence-corrected chi connectivity index (χ1v) is 8.06. The monoisotopic (exact) mass is 300 g/mol. The third-order valence-corrected chi connectivity index (χ3v) is 3.85. The van der Waals surface area contributed by atoms with E-state index in [1.807, 2.05) is 25.4 Å². The number of nitrogens with zero attached hydrogens (tertiary/aromatic N) is 2. The molecule has 4 nitrogen and oxygen atoms in total. The van der Waals surface area contributed by atoms with Crippen LogP contribution in [0.25, 0.3) is 0 Å². The van der Waals surface area contributed by atoms with Crippen molar-refractivity contribution in [1.29, 1.82) is 0 Å². The molecule has 0 aliphatic carbocycles. The van der Waals surface area contributed by atoms with Crippen molar-refractivity contribution in [2.75, 3.05) is 19.7 Å². The Bertz CT molecular complexity index is 519. The minimum atomic E-state index is -0.164. The molecule has 1 fully saturated rings. The Labute approximate surface area is 132 Å². The van der Waals surface area contributed by atoms with Crippen LogP contribution >= 0.6 is 0 Å². The highest BCUT2D eigenvalue weighted by atomic mass is 16.5. The summed E-state index contributed by atoms with van der Waals surface area (Å²) in [5.41, 5.74) is 1.27. The van der Waals surface area contributed by atoms with Crippen LogP contribution in [0.3, 0.4) is 0 Å². The second kappa shape index (κ2) is 9.22. The van der Waals surface area contributed by atoms with Gasteiger partial charge in [-0.1, -0.05) is 18.4 Å². The van der Waals surface area contributed by atoms with Gasteiger partial charge >= 0.3 is 5.97 Å². The summed E-state index contributed by atoms with van der Waals surface area (Å²) in [6.07, 6.45) is 8.37. The van der Waals surface area contributed by atoms with Gasteiger partial charge in [-0.05, 0) is 37.9 Å². The predicted molar refractivity (Wildman–Crippen MR) is 86.0 cm³/mol. The number of likely N-dealkylation sites (tertiary alicyclic amines) is 1. The largest absolute Gasteiger partial charge is 0.466 e. The molecule has 0 saturated carbocycles. The number of ether oxygens (including phenoxy) is 1. The SMILES string of the molecule is CCOC(=O)CCC#CCN1CCCC[C@@H]1c1cccnc1. The molecule has 1 aliphatic rings. The van der Waals surface area contributed by atoms with Crippen molar-refractivity contribution in [3.63, 3.8) is 0 Å². The average molecular weight is 300 g/mol. The van der Waals surface area contributed by atoms with Crippen LogP contribution in [-0.4, -0.2) is 35.5 Å². The van der Waals surface area contributed by atoms with Gasteiger partial charge in [-0.3, -0.25) is 14.7 Å². The first kappa shape index (κ1) is 16.5. The Morgan fingerprint density at radius 1 is 1.45 bits per heavy atom. The summed E-state index contributed by atoms with van der Waals surface area (Å²) < 4.78 is 4.89. The van der Waals surface area contributed by atoms with Gasteiger partial charge in [0, 0.05) is 24.9 Å². The molecular weight excluding hydrogens is 276 g/mol. The minimum absolute atomic E-state index is 0.164. The van der Waals surface area contributed by atoms with Crippen LogP contribution in [-0.2, 0) is 9.53 Å². The molecule has 0 N–H and O–H groups in total. The molecule has 1 aromatic heterocycles. The molecular formula is C18H24N2O2. The summed E-state index contributed by atoms with van der Waals surface area (Å²) in [5.74, 6) is 6.12. The van der Waals surface area contributed by atoms with Gasteiger partial charge in [0.15, 0.2) is 0 Å². The van der Waals surface area contributed by atoms with Crippen molar-refractivity contribution >= 4 is 5.97 Å². The normalized spacial score (nSPS) is 18.3. The highest BCUT2D eigenvalue weighted by Gasteiger charge is 2.22. The van der Waals surface area contributed by atoms with E-state index in [9.17, 15) is 4.79 Å². The molecule has 0 unspecified atom stereocenters. The van der Waals surface area contributed by atoms with Crippen LogP contribution in [0.1, 0.15) is 50.6 Å². The quantitative estimate of drug-likeness (QED) is 0.619. The van der Waals surface area contributed by atoms with Gasteiger partial charge in [-0.25, -0.2) is 0 Å². The van der Waals surface area contributed by atoms with Crippen LogP contribution in [0.15, 0.2) is 24.5 Å². The zero-order chi connectivity index (χ0) is 15.6. The molecule has 1 aliphatic heterocycles. The van der Waals surface area contributed by atoms with Gasteiger partial charge < -0.3 is 4.74 Å². The van der Waals surface area contributed by atoms with Gasteiger partial charge in [0.1, 0.15) is 0 Å². The minimum Gasteiger partial charge on any atom is -0.466 e. The number of aromatic nitrogens is 1. The summed E-state index contributed by atoms with van der Waals surface area (Å²) in [6.45, 7) is 4.08. The maximum absolute atomic E-state index is 11.2. The third kappa shape index (κ3) is 5.16. The van der Waals surface area contributed by atoms with E-state index in [0.29, 0.717) is 25.5 Å². The van der Waals surface area contributed by atoms with Gasteiger partial charge in [0.25, 0.3) is 0 Å². The summed E-state index contributed by atoms with van der Waals surface area (Å²) in [7, 11) is 0. The van der Waals surface area contributed by atoms with E-state index >= 15 is 0 Å². The second-order valence-electron chi connectivity index (χ2n) is 5.43. The van der Waals surface area contributed by atoms with Crippen LogP contribution in [0.2, 0.25) is 0 Å². The Morgan fingerprint density at radius 3 is 3.14 bits per heavy atom. The summed E-state index contributed by atoms with van der Waals surface area (Å²) in [6, 6.07) is 4.55. The standard InChI is InChI=1S/C18H24N2O2/c1-2-22-18(21)11-4-3-6-13-20-14-7-5-10-17(20)16-9-8-12-19-15-16/h8-9,12,15,17H,2,4-5,7,10-11,13-14H2,1H3/t17-/m1/s1. The van der Waals surface area contributed by atoms with E-state index in [-0.39, 0.29) is 5.97 Å². The Kier molecular flexibility index (Phi) is 6.92. The lowest BCUT2D eigenvalue weighted by molar-refractivity contribution is -0.142. The van der Waals surface area contributed by atoms with Crippen molar-refractivity contribution in [1.82, 2.24) is 9.88 Å². The molecule has 0 amide bonds. The average Bonchev–Trinajstić information content (AvgIpc) is 2.56. The number of hydrogen-bond donors (Lipinski definition) is 0. The van der Waals surface area contributed by atoms with E-state index in [4.69, 9.17) is 4.74 Å². The summed E-state index contributed by atoms with van der Waals surface area (Å²) >= 11 is 0. The molecule has 0 bridgehead atoms. The predicted octanol–water partition coefficient (Wildman–Crippen LogP) is 2.96. The highest BCUT2D eigenvalue weighted by Crippen LogP contribution is 2.29. The first-order valence-electron chi connectivity index (χ1n) is 8.06. The molecule has 2 heterocycles. The first-order chi connectivity index (χ1) is 10.8. The smallest absolute Gasteiger partial charge is 0.306 e. The van der Waals surface area contributed by atoms with Crippen LogP contribution < -0.4 is 0 Å². The zero-order valence-electron chi connectivity index (χ0n) is 13.3. The fourth-order valence-electron chi connectivity index (χ4n) is 2.77. The fourth-order valence-corrected chi connectivity index (χ4v) is 2.77. The number of hydrogen-bond acceptors (Lipinski definition) is 4. The number of piperidine rings is 1. The fraction of sp³-hybridized carbons (Fsp3) is 0.556. The molecule has 0 aromatic carbocycles. The molecule has 1 aromatic rings. The third-order valence-electron chi connectivity index (χ3n) is 3.85. The number of esters is 1. The molecule has 1 saturated heterocycles.